The quantitative estimate of drug-likeness (QED) is 0.833. The number of rotatable bonds is 2. The van der Waals surface area contributed by atoms with Crippen LogP contribution in [0.5, 0.6) is 5.75 Å². The second kappa shape index (κ2) is 4.28. The minimum absolute atomic E-state index is 0.112. The van der Waals surface area contributed by atoms with Crippen LogP contribution in [0.2, 0.25) is 0 Å². The van der Waals surface area contributed by atoms with Crippen LogP contribution in [0, 0.1) is 0 Å². The van der Waals surface area contributed by atoms with Gasteiger partial charge in [0.2, 0.25) is 5.91 Å². The number of amides is 1. The van der Waals surface area contributed by atoms with Crippen molar-refractivity contribution in [2.75, 3.05) is 0 Å². The summed E-state index contributed by atoms with van der Waals surface area (Å²) in [6.45, 7) is 1.79. The molecular formula is C9H10BrNO2. The Kier molecular flexibility index (Phi) is 3.31. The van der Waals surface area contributed by atoms with Crippen molar-refractivity contribution in [3.63, 3.8) is 0 Å². The summed E-state index contributed by atoms with van der Waals surface area (Å²) >= 11 is 3.19. The summed E-state index contributed by atoms with van der Waals surface area (Å²) in [5.41, 5.74) is 0.699. The highest BCUT2D eigenvalue weighted by Gasteiger charge is 2.04. The second-order valence-electron chi connectivity index (χ2n) is 2.66. The molecule has 2 N–H and O–H groups in total. The highest BCUT2D eigenvalue weighted by atomic mass is 79.9. The largest absolute Gasteiger partial charge is 0.506 e. The summed E-state index contributed by atoms with van der Waals surface area (Å²) in [6.07, 6.45) is 0. The molecule has 0 aliphatic heterocycles. The first-order chi connectivity index (χ1) is 6.11. The predicted octanol–water partition coefficient (Wildman–Crippen LogP) is 1.79. The van der Waals surface area contributed by atoms with E-state index in [2.05, 4.69) is 21.2 Å². The Morgan fingerprint density at radius 1 is 1.62 bits per heavy atom. The van der Waals surface area contributed by atoms with Crippen LogP contribution in [0.3, 0.4) is 0 Å². The standard InChI is InChI=1S/C9H10BrNO2/c1-6(12)11-5-7-3-2-4-8(10)9(7)13/h2-4,13H,5H2,1H3,(H,11,12). The van der Waals surface area contributed by atoms with Crippen LogP contribution in [0.15, 0.2) is 22.7 Å². The summed E-state index contributed by atoms with van der Waals surface area (Å²) in [6, 6.07) is 5.31. The van der Waals surface area contributed by atoms with Crippen LogP contribution < -0.4 is 5.32 Å². The van der Waals surface area contributed by atoms with Crippen molar-refractivity contribution in [1.29, 1.82) is 0 Å². The van der Waals surface area contributed by atoms with Crippen LogP contribution in [-0.2, 0) is 11.3 Å². The Hall–Kier alpha value is -1.03. The SMILES string of the molecule is CC(=O)NCc1cccc(Br)c1O. The molecule has 0 spiro atoms. The maximum absolute atomic E-state index is 10.6. The Morgan fingerprint density at radius 3 is 2.92 bits per heavy atom. The Morgan fingerprint density at radius 2 is 2.31 bits per heavy atom. The number of hydrogen-bond acceptors (Lipinski definition) is 2. The fourth-order valence-electron chi connectivity index (χ4n) is 0.922. The summed E-state index contributed by atoms with van der Waals surface area (Å²) in [5.74, 6) is 0.0654. The first-order valence-corrected chi connectivity index (χ1v) is 4.61. The number of phenolic OH excluding ortho intramolecular Hbond substituents is 1. The molecule has 4 heteroatoms. The third kappa shape index (κ3) is 2.73. The predicted molar refractivity (Wildman–Crippen MR) is 53.3 cm³/mol. The molecule has 1 rings (SSSR count). The molecule has 1 aromatic rings. The molecule has 0 bridgehead atoms. The van der Waals surface area contributed by atoms with Gasteiger partial charge in [-0.3, -0.25) is 4.79 Å². The van der Waals surface area contributed by atoms with Crippen molar-refractivity contribution in [2.24, 2.45) is 0 Å². The average molecular weight is 244 g/mol. The van der Waals surface area contributed by atoms with Gasteiger partial charge in [0, 0.05) is 19.0 Å². The van der Waals surface area contributed by atoms with E-state index < -0.39 is 0 Å². The summed E-state index contributed by atoms with van der Waals surface area (Å²) in [7, 11) is 0. The van der Waals surface area contributed by atoms with Gasteiger partial charge in [-0.15, -0.1) is 0 Å². The monoisotopic (exact) mass is 243 g/mol. The minimum Gasteiger partial charge on any atom is -0.506 e. The van der Waals surface area contributed by atoms with Crippen LogP contribution in [0.1, 0.15) is 12.5 Å². The van der Waals surface area contributed by atoms with Crippen molar-refractivity contribution in [3.8, 4) is 5.75 Å². The summed E-state index contributed by atoms with van der Waals surface area (Å²) in [4.78, 5) is 10.6. The maximum atomic E-state index is 10.6. The summed E-state index contributed by atoms with van der Waals surface area (Å²) < 4.78 is 0.635. The van der Waals surface area contributed by atoms with E-state index in [0.29, 0.717) is 16.6 Å². The molecule has 13 heavy (non-hydrogen) atoms. The Bertz CT molecular complexity index is 325. The number of carbonyl (C=O) groups is 1. The van der Waals surface area contributed by atoms with Crippen molar-refractivity contribution in [2.45, 2.75) is 13.5 Å². The van der Waals surface area contributed by atoms with E-state index in [1.165, 1.54) is 6.92 Å². The highest BCUT2D eigenvalue weighted by molar-refractivity contribution is 9.10. The van der Waals surface area contributed by atoms with Gasteiger partial charge in [0.1, 0.15) is 5.75 Å². The fourth-order valence-corrected chi connectivity index (χ4v) is 1.33. The zero-order valence-electron chi connectivity index (χ0n) is 7.17. The molecule has 0 aromatic heterocycles. The van der Waals surface area contributed by atoms with Gasteiger partial charge in [0.25, 0.3) is 0 Å². The smallest absolute Gasteiger partial charge is 0.217 e. The molecule has 0 saturated heterocycles. The van der Waals surface area contributed by atoms with Crippen LogP contribution in [0.4, 0.5) is 0 Å². The molecule has 0 aliphatic rings. The van der Waals surface area contributed by atoms with Crippen LogP contribution in [0.25, 0.3) is 0 Å². The van der Waals surface area contributed by atoms with E-state index in [1.54, 1.807) is 18.2 Å². The lowest BCUT2D eigenvalue weighted by Crippen LogP contribution is -2.18. The lowest BCUT2D eigenvalue weighted by atomic mass is 10.2. The lowest BCUT2D eigenvalue weighted by molar-refractivity contribution is -0.119. The van der Waals surface area contributed by atoms with E-state index in [4.69, 9.17) is 0 Å². The fraction of sp³-hybridized carbons (Fsp3) is 0.222. The molecule has 0 radical (unpaired) electrons. The molecule has 1 amide bonds. The van der Waals surface area contributed by atoms with Gasteiger partial charge in [-0.1, -0.05) is 12.1 Å². The van der Waals surface area contributed by atoms with Crippen molar-refractivity contribution < 1.29 is 9.90 Å². The van der Waals surface area contributed by atoms with Gasteiger partial charge in [0.05, 0.1) is 4.47 Å². The second-order valence-corrected chi connectivity index (χ2v) is 3.51. The Balaban J connectivity index is 2.77. The topological polar surface area (TPSA) is 49.3 Å². The molecule has 0 heterocycles. The summed E-state index contributed by atoms with van der Waals surface area (Å²) in [5, 5.41) is 12.1. The molecular weight excluding hydrogens is 234 g/mol. The van der Waals surface area contributed by atoms with Gasteiger partial charge in [-0.2, -0.15) is 0 Å². The van der Waals surface area contributed by atoms with E-state index in [1.807, 2.05) is 0 Å². The highest BCUT2D eigenvalue weighted by Crippen LogP contribution is 2.26. The molecule has 70 valence electrons. The number of hydrogen-bond donors (Lipinski definition) is 2. The molecule has 0 unspecified atom stereocenters. The van der Waals surface area contributed by atoms with Gasteiger partial charge in [-0.05, 0) is 22.0 Å². The molecule has 3 nitrogen and oxygen atoms in total. The van der Waals surface area contributed by atoms with Gasteiger partial charge >= 0.3 is 0 Å². The van der Waals surface area contributed by atoms with Crippen LogP contribution >= 0.6 is 15.9 Å². The number of halogens is 1. The van der Waals surface area contributed by atoms with E-state index in [-0.39, 0.29) is 11.7 Å². The first-order valence-electron chi connectivity index (χ1n) is 3.82. The minimum atomic E-state index is -0.112. The number of aromatic hydroxyl groups is 1. The van der Waals surface area contributed by atoms with Gasteiger partial charge < -0.3 is 10.4 Å². The van der Waals surface area contributed by atoms with Crippen molar-refractivity contribution in [1.82, 2.24) is 5.32 Å². The third-order valence-corrected chi connectivity index (χ3v) is 2.24. The number of phenols is 1. The number of para-hydroxylation sites is 1. The molecule has 0 atom stereocenters. The van der Waals surface area contributed by atoms with Crippen molar-refractivity contribution in [3.05, 3.63) is 28.2 Å². The zero-order valence-corrected chi connectivity index (χ0v) is 8.76. The number of carbonyl (C=O) groups excluding carboxylic acids is 1. The Labute approximate surface area is 84.9 Å². The average Bonchev–Trinajstić information content (AvgIpc) is 2.07. The lowest BCUT2D eigenvalue weighted by Gasteiger charge is -2.05. The maximum Gasteiger partial charge on any atom is 0.217 e. The normalized spacial score (nSPS) is 9.69. The van der Waals surface area contributed by atoms with E-state index in [0.717, 1.165) is 0 Å². The van der Waals surface area contributed by atoms with Crippen molar-refractivity contribution >= 4 is 21.8 Å². The first kappa shape index (κ1) is 10.1. The zero-order chi connectivity index (χ0) is 9.84. The molecule has 0 fully saturated rings. The molecule has 1 aromatic carbocycles. The number of benzene rings is 1. The van der Waals surface area contributed by atoms with Gasteiger partial charge in [-0.25, -0.2) is 0 Å². The van der Waals surface area contributed by atoms with Crippen LogP contribution in [-0.4, -0.2) is 11.0 Å². The third-order valence-electron chi connectivity index (χ3n) is 1.60. The molecule has 0 saturated carbocycles. The molecule has 0 aliphatic carbocycles. The number of nitrogens with one attached hydrogen (secondary N) is 1. The van der Waals surface area contributed by atoms with E-state index in [9.17, 15) is 9.90 Å². The van der Waals surface area contributed by atoms with E-state index >= 15 is 0 Å². The van der Waals surface area contributed by atoms with Gasteiger partial charge in [0.15, 0.2) is 0 Å².